The molecule has 0 radical (unpaired) electrons. The molecule has 2 heterocycles. The summed E-state index contributed by atoms with van der Waals surface area (Å²) in [4.78, 5) is 17.7. The molecular weight excluding hydrogens is 284 g/mol. The van der Waals surface area contributed by atoms with E-state index < -0.39 is 0 Å². The lowest BCUT2D eigenvalue weighted by molar-refractivity contribution is -0.121. The van der Waals surface area contributed by atoms with Crippen molar-refractivity contribution < 1.29 is 4.79 Å². The smallest absolute Gasteiger partial charge is 0.222 e. The summed E-state index contributed by atoms with van der Waals surface area (Å²) in [5.74, 6) is 0.0443. The molecule has 0 aliphatic carbocycles. The highest BCUT2D eigenvalue weighted by Crippen LogP contribution is 2.19. The molecule has 0 aliphatic heterocycles. The Bertz CT molecular complexity index is 577. The van der Waals surface area contributed by atoms with Gasteiger partial charge in [0.2, 0.25) is 5.91 Å². The van der Waals surface area contributed by atoms with Crippen LogP contribution >= 0.6 is 11.3 Å². The molecule has 0 bridgehead atoms. The summed E-state index contributed by atoms with van der Waals surface area (Å²) in [7, 11) is 0. The summed E-state index contributed by atoms with van der Waals surface area (Å²) in [5.41, 5.74) is 1.03. The standard InChI is InChI=1S/C15H22N4OS/c1-4-6-15-18-12(3)13(21-15)10-16-14(20)9-11(2)19-8-5-7-17-19/h5,7-8,11H,4,6,9-10H2,1-3H3,(H,16,20). The fourth-order valence-electron chi connectivity index (χ4n) is 2.13. The van der Waals surface area contributed by atoms with Gasteiger partial charge in [-0.3, -0.25) is 9.48 Å². The first kappa shape index (κ1) is 15.7. The van der Waals surface area contributed by atoms with E-state index in [1.165, 1.54) is 0 Å². The van der Waals surface area contributed by atoms with E-state index in [1.54, 1.807) is 22.2 Å². The lowest BCUT2D eigenvalue weighted by Gasteiger charge is -2.11. The second-order valence-electron chi connectivity index (χ2n) is 5.18. The van der Waals surface area contributed by atoms with Gasteiger partial charge in [0.15, 0.2) is 0 Å². The van der Waals surface area contributed by atoms with Gasteiger partial charge in [0.05, 0.1) is 23.3 Å². The van der Waals surface area contributed by atoms with Crippen LogP contribution in [0.5, 0.6) is 0 Å². The highest BCUT2D eigenvalue weighted by Gasteiger charge is 2.12. The van der Waals surface area contributed by atoms with Crippen LogP contribution in [-0.4, -0.2) is 20.7 Å². The lowest BCUT2D eigenvalue weighted by Crippen LogP contribution is -2.25. The molecule has 6 heteroatoms. The van der Waals surface area contributed by atoms with Crippen molar-refractivity contribution in [1.29, 1.82) is 0 Å². The van der Waals surface area contributed by atoms with Gasteiger partial charge in [-0.15, -0.1) is 11.3 Å². The van der Waals surface area contributed by atoms with Gasteiger partial charge in [-0.25, -0.2) is 4.98 Å². The third-order valence-electron chi connectivity index (χ3n) is 3.30. The number of rotatable bonds is 7. The summed E-state index contributed by atoms with van der Waals surface area (Å²) in [5, 5.41) is 8.29. The van der Waals surface area contributed by atoms with E-state index in [4.69, 9.17) is 0 Å². The van der Waals surface area contributed by atoms with Crippen LogP contribution in [0, 0.1) is 6.92 Å². The maximum absolute atomic E-state index is 12.0. The summed E-state index contributed by atoms with van der Waals surface area (Å²) >= 11 is 1.70. The van der Waals surface area contributed by atoms with Gasteiger partial charge in [-0.05, 0) is 32.8 Å². The van der Waals surface area contributed by atoms with Gasteiger partial charge in [0.1, 0.15) is 0 Å². The Kier molecular flexibility index (Phi) is 5.50. The van der Waals surface area contributed by atoms with Crippen LogP contribution in [0.15, 0.2) is 18.5 Å². The van der Waals surface area contributed by atoms with Crippen molar-refractivity contribution in [3.63, 3.8) is 0 Å². The maximum atomic E-state index is 12.0. The number of aromatic nitrogens is 3. The Labute approximate surface area is 129 Å². The number of carbonyl (C=O) groups excluding carboxylic acids is 1. The van der Waals surface area contributed by atoms with E-state index in [0.717, 1.165) is 28.4 Å². The van der Waals surface area contributed by atoms with Crippen LogP contribution in [0.25, 0.3) is 0 Å². The Morgan fingerprint density at radius 1 is 1.52 bits per heavy atom. The molecule has 1 N–H and O–H groups in total. The van der Waals surface area contributed by atoms with Gasteiger partial charge >= 0.3 is 0 Å². The number of thiazole rings is 1. The van der Waals surface area contributed by atoms with Crippen molar-refractivity contribution in [2.45, 2.75) is 52.6 Å². The fraction of sp³-hybridized carbons (Fsp3) is 0.533. The summed E-state index contributed by atoms with van der Waals surface area (Å²) < 4.78 is 1.80. The minimum atomic E-state index is 0.0443. The number of nitrogens with one attached hydrogen (secondary N) is 1. The minimum absolute atomic E-state index is 0.0443. The fourth-order valence-corrected chi connectivity index (χ4v) is 3.24. The molecule has 5 nitrogen and oxygen atoms in total. The van der Waals surface area contributed by atoms with Crippen molar-refractivity contribution in [2.24, 2.45) is 0 Å². The van der Waals surface area contributed by atoms with Gasteiger partial charge in [-0.2, -0.15) is 5.10 Å². The average Bonchev–Trinajstić information content (AvgIpc) is 3.07. The molecule has 114 valence electrons. The Balaban J connectivity index is 1.83. The van der Waals surface area contributed by atoms with Crippen LogP contribution in [0.4, 0.5) is 0 Å². The van der Waals surface area contributed by atoms with Gasteiger partial charge < -0.3 is 5.32 Å². The number of hydrogen-bond acceptors (Lipinski definition) is 4. The zero-order valence-electron chi connectivity index (χ0n) is 12.8. The summed E-state index contributed by atoms with van der Waals surface area (Å²) in [6.45, 7) is 6.71. The van der Waals surface area contributed by atoms with Crippen LogP contribution in [0.1, 0.15) is 48.3 Å². The molecule has 0 aromatic carbocycles. The van der Waals surface area contributed by atoms with Gasteiger partial charge in [-0.1, -0.05) is 6.92 Å². The molecule has 1 atom stereocenters. The number of nitrogens with zero attached hydrogens (tertiary/aromatic N) is 3. The predicted molar refractivity (Wildman–Crippen MR) is 84.2 cm³/mol. The van der Waals surface area contributed by atoms with Crippen LogP contribution in [-0.2, 0) is 17.8 Å². The molecule has 1 unspecified atom stereocenters. The molecule has 0 spiro atoms. The Morgan fingerprint density at radius 3 is 3.00 bits per heavy atom. The Hall–Kier alpha value is -1.69. The molecule has 0 saturated carbocycles. The summed E-state index contributed by atoms with van der Waals surface area (Å²) in [6.07, 6.45) is 6.14. The number of aryl methyl sites for hydroxylation is 2. The van der Waals surface area contributed by atoms with Gasteiger partial charge in [0.25, 0.3) is 0 Å². The lowest BCUT2D eigenvalue weighted by atomic mass is 10.2. The van der Waals surface area contributed by atoms with E-state index in [2.05, 4.69) is 22.3 Å². The van der Waals surface area contributed by atoms with Crippen molar-refractivity contribution >= 4 is 17.2 Å². The number of amides is 1. The largest absolute Gasteiger partial charge is 0.351 e. The third-order valence-corrected chi connectivity index (χ3v) is 4.52. The van der Waals surface area contributed by atoms with E-state index in [-0.39, 0.29) is 11.9 Å². The molecule has 21 heavy (non-hydrogen) atoms. The zero-order chi connectivity index (χ0) is 15.2. The second kappa shape index (κ2) is 7.36. The van der Waals surface area contributed by atoms with E-state index in [0.29, 0.717) is 13.0 Å². The van der Waals surface area contributed by atoms with E-state index in [1.807, 2.05) is 26.1 Å². The predicted octanol–water partition coefficient (Wildman–Crippen LogP) is 2.87. The Morgan fingerprint density at radius 2 is 2.33 bits per heavy atom. The highest BCUT2D eigenvalue weighted by molar-refractivity contribution is 7.11. The molecule has 2 rings (SSSR count). The van der Waals surface area contributed by atoms with Crippen LogP contribution in [0.2, 0.25) is 0 Å². The number of hydrogen-bond donors (Lipinski definition) is 1. The topological polar surface area (TPSA) is 59.8 Å². The zero-order valence-corrected chi connectivity index (χ0v) is 13.6. The molecule has 0 fully saturated rings. The molecule has 1 amide bonds. The number of carbonyl (C=O) groups is 1. The van der Waals surface area contributed by atoms with Gasteiger partial charge in [0, 0.05) is 23.7 Å². The molecule has 0 saturated heterocycles. The average molecular weight is 306 g/mol. The SMILES string of the molecule is CCCc1nc(C)c(CNC(=O)CC(C)n2cccn2)s1. The van der Waals surface area contributed by atoms with Crippen molar-refractivity contribution in [1.82, 2.24) is 20.1 Å². The van der Waals surface area contributed by atoms with Crippen LogP contribution < -0.4 is 5.32 Å². The molecule has 0 aliphatic rings. The summed E-state index contributed by atoms with van der Waals surface area (Å²) in [6, 6.07) is 1.93. The van der Waals surface area contributed by atoms with Crippen molar-refractivity contribution in [3.8, 4) is 0 Å². The first-order valence-corrected chi connectivity index (χ1v) is 8.12. The highest BCUT2D eigenvalue weighted by atomic mass is 32.1. The first-order valence-electron chi connectivity index (χ1n) is 7.31. The first-order chi connectivity index (χ1) is 10.1. The van der Waals surface area contributed by atoms with E-state index >= 15 is 0 Å². The van der Waals surface area contributed by atoms with Crippen molar-refractivity contribution in [2.75, 3.05) is 0 Å². The van der Waals surface area contributed by atoms with Crippen LogP contribution in [0.3, 0.4) is 0 Å². The van der Waals surface area contributed by atoms with Crippen molar-refractivity contribution in [3.05, 3.63) is 34.0 Å². The molecule has 2 aromatic rings. The third kappa shape index (κ3) is 4.39. The molecular formula is C15H22N4OS. The maximum Gasteiger partial charge on any atom is 0.222 e. The monoisotopic (exact) mass is 306 g/mol. The normalized spacial score (nSPS) is 12.3. The van der Waals surface area contributed by atoms with E-state index in [9.17, 15) is 4.79 Å². The molecule has 2 aromatic heterocycles. The second-order valence-corrected chi connectivity index (χ2v) is 6.35. The minimum Gasteiger partial charge on any atom is -0.351 e. The quantitative estimate of drug-likeness (QED) is 0.855.